The maximum absolute atomic E-state index is 12.4. The lowest BCUT2D eigenvalue weighted by Gasteiger charge is -2.08. The Bertz CT molecular complexity index is 1140. The van der Waals surface area contributed by atoms with Crippen LogP contribution < -0.4 is 11.1 Å². The molecule has 8 nitrogen and oxygen atoms in total. The van der Waals surface area contributed by atoms with Gasteiger partial charge in [-0.2, -0.15) is 13.2 Å². The molecule has 0 fully saturated rings. The van der Waals surface area contributed by atoms with E-state index in [1.165, 1.54) is 18.5 Å². The van der Waals surface area contributed by atoms with Gasteiger partial charge in [0, 0.05) is 24.0 Å². The van der Waals surface area contributed by atoms with Gasteiger partial charge >= 0.3 is 12.1 Å². The minimum absolute atomic E-state index is 0.0457. The third-order valence-corrected chi connectivity index (χ3v) is 4.18. The van der Waals surface area contributed by atoms with Gasteiger partial charge in [0.15, 0.2) is 12.4 Å². The third kappa shape index (κ3) is 5.18. The molecule has 1 amide bonds. The van der Waals surface area contributed by atoms with Crippen LogP contribution in [0, 0.1) is 6.92 Å². The lowest BCUT2D eigenvalue weighted by Crippen LogP contribution is -2.25. The Morgan fingerprint density at radius 2 is 1.97 bits per heavy atom. The Labute approximate surface area is 173 Å². The largest absolute Gasteiger partial charge is 0.458 e. The van der Waals surface area contributed by atoms with E-state index in [-0.39, 0.29) is 34.8 Å². The van der Waals surface area contributed by atoms with E-state index in [9.17, 15) is 22.8 Å². The summed E-state index contributed by atoms with van der Waals surface area (Å²) in [6.45, 7) is -0.0399. The van der Waals surface area contributed by atoms with Crippen LogP contribution in [0.4, 0.5) is 13.2 Å². The molecule has 11 heteroatoms. The SMILES string of the molecule is Cc1ccc(C(=O)OCC(F)(F)F)c2oc(CNC(=O)/C(=C/N)c3ncccn3)cc12. The fraction of sp³-hybridized carbons (Fsp3) is 0.200. The van der Waals surface area contributed by atoms with E-state index < -0.39 is 24.7 Å². The van der Waals surface area contributed by atoms with Crippen molar-refractivity contribution in [3.8, 4) is 0 Å². The highest BCUT2D eigenvalue weighted by molar-refractivity contribution is 6.18. The molecule has 0 unspecified atom stereocenters. The van der Waals surface area contributed by atoms with E-state index in [0.29, 0.717) is 5.39 Å². The Morgan fingerprint density at radius 3 is 2.61 bits per heavy atom. The highest BCUT2D eigenvalue weighted by Gasteiger charge is 2.30. The van der Waals surface area contributed by atoms with Crippen molar-refractivity contribution in [1.29, 1.82) is 0 Å². The number of aromatic nitrogens is 2. The standard InChI is InChI=1S/C20H17F3N4O4/c1-11-3-4-13(19(29)30-10-20(21,22)23)16-14(11)7-12(31-16)9-27-18(28)15(8-24)17-25-5-2-6-26-17/h2-8H,9-10,24H2,1H3,(H,27,28)/b15-8+. The van der Waals surface area contributed by atoms with Gasteiger partial charge in [-0.3, -0.25) is 4.79 Å². The average Bonchev–Trinajstić information content (AvgIpc) is 3.17. The molecule has 0 saturated heterocycles. The van der Waals surface area contributed by atoms with Gasteiger partial charge in [-0.15, -0.1) is 0 Å². The second-order valence-corrected chi connectivity index (χ2v) is 6.41. The fourth-order valence-electron chi connectivity index (χ4n) is 2.73. The molecule has 3 rings (SSSR count). The van der Waals surface area contributed by atoms with Gasteiger partial charge in [0.05, 0.1) is 12.1 Å². The number of nitrogens with zero attached hydrogens (tertiary/aromatic N) is 2. The van der Waals surface area contributed by atoms with Crippen molar-refractivity contribution >= 4 is 28.4 Å². The zero-order valence-corrected chi connectivity index (χ0v) is 16.2. The van der Waals surface area contributed by atoms with Crippen molar-refractivity contribution in [2.75, 3.05) is 6.61 Å². The summed E-state index contributed by atoms with van der Waals surface area (Å²) in [6, 6.07) is 6.05. The van der Waals surface area contributed by atoms with E-state index in [4.69, 9.17) is 10.2 Å². The number of carbonyl (C=O) groups excluding carboxylic acids is 2. The van der Waals surface area contributed by atoms with Gasteiger partial charge in [-0.1, -0.05) is 6.07 Å². The molecule has 1 aromatic carbocycles. The highest BCUT2D eigenvalue weighted by atomic mass is 19.4. The number of rotatable bonds is 6. The molecule has 0 radical (unpaired) electrons. The van der Waals surface area contributed by atoms with Crippen molar-refractivity contribution in [3.05, 3.63) is 65.6 Å². The Morgan fingerprint density at radius 1 is 1.26 bits per heavy atom. The lowest BCUT2D eigenvalue weighted by molar-refractivity contribution is -0.161. The molecule has 3 N–H and O–H groups in total. The van der Waals surface area contributed by atoms with Crippen LogP contribution in [-0.2, 0) is 16.1 Å². The number of carbonyl (C=O) groups is 2. The number of halogens is 3. The molecule has 162 valence electrons. The molecule has 0 atom stereocenters. The lowest BCUT2D eigenvalue weighted by atomic mass is 10.1. The first-order chi connectivity index (χ1) is 14.7. The van der Waals surface area contributed by atoms with Crippen molar-refractivity contribution in [2.45, 2.75) is 19.6 Å². The quantitative estimate of drug-likeness (QED) is 0.452. The smallest absolute Gasteiger partial charge is 0.422 e. The molecule has 31 heavy (non-hydrogen) atoms. The third-order valence-electron chi connectivity index (χ3n) is 4.18. The summed E-state index contributed by atoms with van der Waals surface area (Å²) in [7, 11) is 0. The van der Waals surface area contributed by atoms with Crippen LogP contribution in [0.15, 0.2) is 47.3 Å². The average molecular weight is 434 g/mol. The van der Waals surface area contributed by atoms with Crippen LogP contribution in [0.1, 0.15) is 27.5 Å². The molecule has 0 spiro atoms. The topological polar surface area (TPSA) is 120 Å². The van der Waals surface area contributed by atoms with Gasteiger partial charge < -0.3 is 20.2 Å². The van der Waals surface area contributed by atoms with Crippen molar-refractivity contribution < 1.29 is 31.9 Å². The monoisotopic (exact) mass is 434 g/mol. The molecule has 0 aliphatic rings. The van der Waals surface area contributed by atoms with Gasteiger partial charge in [0.2, 0.25) is 0 Å². The first kappa shape index (κ1) is 21.8. The first-order valence-electron chi connectivity index (χ1n) is 8.93. The molecular weight excluding hydrogens is 417 g/mol. The molecule has 0 aliphatic heterocycles. The van der Waals surface area contributed by atoms with Crippen LogP contribution in [0.5, 0.6) is 0 Å². The number of ether oxygens (including phenoxy) is 1. The maximum atomic E-state index is 12.4. The number of nitrogens with one attached hydrogen (secondary N) is 1. The van der Waals surface area contributed by atoms with Gasteiger partial charge in [-0.05, 0) is 30.7 Å². The van der Waals surface area contributed by atoms with Crippen molar-refractivity contribution in [1.82, 2.24) is 15.3 Å². The summed E-state index contributed by atoms with van der Waals surface area (Å²) in [5, 5.41) is 3.10. The zero-order valence-electron chi connectivity index (χ0n) is 16.2. The van der Waals surface area contributed by atoms with Crippen LogP contribution in [-0.4, -0.2) is 34.6 Å². The van der Waals surface area contributed by atoms with E-state index >= 15 is 0 Å². The Kier molecular flexibility index (Phi) is 6.23. The minimum Gasteiger partial charge on any atom is -0.458 e. The minimum atomic E-state index is -4.64. The number of fused-ring (bicyclic) bond motifs is 1. The summed E-state index contributed by atoms with van der Waals surface area (Å²) in [5.41, 5.74) is 6.20. The second-order valence-electron chi connectivity index (χ2n) is 6.41. The number of alkyl halides is 3. The van der Waals surface area contributed by atoms with E-state index in [1.54, 1.807) is 25.1 Å². The highest BCUT2D eigenvalue weighted by Crippen LogP contribution is 2.27. The van der Waals surface area contributed by atoms with Gasteiger partial charge in [0.25, 0.3) is 5.91 Å². The molecule has 2 aromatic heterocycles. The summed E-state index contributed by atoms with van der Waals surface area (Å²) >= 11 is 0. The summed E-state index contributed by atoms with van der Waals surface area (Å²) in [4.78, 5) is 32.4. The van der Waals surface area contributed by atoms with Crippen LogP contribution >= 0.6 is 0 Å². The summed E-state index contributed by atoms with van der Waals surface area (Å²) in [6.07, 6.45) is -0.655. The zero-order chi connectivity index (χ0) is 22.6. The molecule has 3 aromatic rings. The molecule has 0 saturated carbocycles. The predicted molar refractivity (Wildman–Crippen MR) is 103 cm³/mol. The molecule has 0 aliphatic carbocycles. The molecular formula is C20H17F3N4O4. The van der Waals surface area contributed by atoms with Crippen molar-refractivity contribution in [3.63, 3.8) is 0 Å². The van der Waals surface area contributed by atoms with Crippen LogP contribution in [0.3, 0.4) is 0 Å². The first-order valence-corrected chi connectivity index (χ1v) is 8.93. The Balaban J connectivity index is 1.78. The van der Waals surface area contributed by atoms with Gasteiger partial charge in [-0.25, -0.2) is 14.8 Å². The number of esters is 1. The van der Waals surface area contributed by atoms with E-state index in [0.717, 1.165) is 11.8 Å². The number of nitrogens with two attached hydrogens (primary N) is 1. The Hall–Kier alpha value is -3.89. The number of hydrogen-bond donors (Lipinski definition) is 2. The van der Waals surface area contributed by atoms with Crippen molar-refractivity contribution in [2.24, 2.45) is 5.73 Å². The number of aryl methyl sites for hydroxylation is 1. The van der Waals surface area contributed by atoms with Gasteiger partial charge in [0.1, 0.15) is 16.9 Å². The number of amides is 1. The van der Waals surface area contributed by atoms with Crippen LogP contribution in [0.25, 0.3) is 16.5 Å². The molecule has 2 heterocycles. The molecule has 0 bridgehead atoms. The predicted octanol–water partition coefficient (Wildman–Crippen LogP) is 2.87. The number of hydrogen-bond acceptors (Lipinski definition) is 7. The number of benzene rings is 1. The second kappa shape index (κ2) is 8.86. The van der Waals surface area contributed by atoms with E-state index in [1.807, 2.05) is 0 Å². The number of furan rings is 1. The van der Waals surface area contributed by atoms with E-state index in [2.05, 4.69) is 20.0 Å². The normalized spacial score (nSPS) is 12.1. The fourth-order valence-corrected chi connectivity index (χ4v) is 2.73. The maximum Gasteiger partial charge on any atom is 0.422 e. The summed E-state index contributed by atoms with van der Waals surface area (Å²) < 4.78 is 47.0. The van der Waals surface area contributed by atoms with Crippen LogP contribution in [0.2, 0.25) is 0 Å². The summed E-state index contributed by atoms with van der Waals surface area (Å²) in [5.74, 6) is -1.32.